The first kappa shape index (κ1) is 15.7. The zero-order valence-corrected chi connectivity index (χ0v) is 13.1. The molecule has 114 valence electrons. The smallest absolute Gasteiger partial charge is 0.0950 e. The van der Waals surface area contributed by atoms with Gasteiger partial charge in [0.05, 0.1) is 17.4 Å². The molecule has 1 N–H and O–H groups in total. The van der Waals surface area contributed by atoms with E-state index in [2.05, 4.69) is 28.5 Å². The monoisotopic (exact) mass is 285 g/mol. The van der Waals surface area contributed by atoms with Gasteiger partial charge in [0, 0.05) is 11.9 Å². The number of hydrogen-bond acceptors (Lipinski definition) is 3. The van der Waals surface area contributed by atoms with Crippen molar-refractivity contribution in [2.75, 3.05) is 11.9 Å². The largest absolute Gasteiger partial charge is 0.383 e. The molecule has 0 bridgehead atoms. The number of anilines is 1. The minimum atomic E-state index is 0.957. The normalized spacial score (nSPS) is 10.9. The molecule has 0 aliphatic carbocycles. The molecule has 3 nitrogen and oxygen atoms in total. The SMILES string of the molecule is CCCCCCCCCCNc1cnnc2ccccc12. The highest BCUT2D eigenvalue weighted by Gasteiger charge is 2.01. The molecular formula is C18H27N3. The van der Waals surface area contributed by atoms with Crippen LogP contribution in [0.3, 0.4) is 0 Å². The van der Waals surface area contributed by atoms with E-state index in [1.54, 1.807) is 0 Å². The summed E-state index contributed by atoms with van der Waals surface area (Å²) in [4.78, 5) is 0. The lowest BCUT2D eigenvalue weighted by Gasteiger charge is -2.08. The van der Waals surface area contributed by atoms with Crippen molar-refractivity contribution in [3.05, 3.63) is 30.5 Å². The number of aromatic nitrogens is 2. The summed E-state index contributed by atoms with van der Waals surface area (Å²) >= 11 is 0. The van der Waals surface area contributed by atoms with Gasteiger partial charge in [-0.25, -0.2) is 0 Å². The number of benzene rings is 1. The van der Waals surface area contributed by atoms with Gasteiger partial charge in [0.25, 0.3) is 0 Å². The van der Waals surface area contributed by atoms with Crippen LogP contribution in [0, 0.1) is 0 Å². The molecule has 0 spiro atoms. The van der Waals surface area contributed by atoms with Gasteiger partial charge in [-0.2, -0.15) is 10.2 Å². The number of unbranched alkanes of at least 4 members (excludes halogenated alkanes) is 7. The van der Waals surface area contributed by atoms with Crippen molar-refractivity contribution in [2.24, 2.45) is 0 Å². The van der Waals surface area contributed by atoms with Gasteiger partial charge in [-0.05, 0) is 12.5 Å². The topological polar surface area (TPSA) is 37.8 Å². The molecule has 0 amide bonds. The van der Waals surface area contributed by atoms with Crippen LogP contribution >= 0.6 is 0 Å². The Morgan fingerprint density at radius 1 is 0.905 bits per heavy atom. The van der Waals surface area contributed by atoms with Crippen LogP contribution in [0.4, 0.5) is 5.69 Å². The molecule has 1 aromatic heterocycles. The van der Waals surface area contributed by atoms with Gasteiger partial charge in [-0.15, -0.1) is 0 Å². The maximum absolute atomic E-state index is 4.15. The Hall–Kier alpha value is -1.64. The molecule has 0 aliphatic heterocycles. The molecule has 0 saturated carbocycles. The third kappa shape index (κ3) is 5.33. The second-order valence-electron chi connectivity index (χ2n) is 5.68. The molecule has 1 heterocycles. The summed E-state index contributed by atoms with van der Waals surface area (Å²) in [6.07, 6.45) is 12.7. The summed E-state index contributed by atoms with van der Waals surface area (Å²) in [7, 11) is 0. The lowest BCUT2D eigenvalue weighted by atomic mass is 10.1. The van der Waals surface area contributed by atoms with Gasteiger partial charge in [-0.1, -0.05) is 70.1 Å². The number of rotatable bonds is 10. The summed E-state index contributed by atoms with van der Waals surface area (Å²) in [5.41, 5.74) is 2.06. The highest BCUT2D eigenvalue weighted by molar-refractivity contribution is 5.90. The second-order valence-corrected chi connectivity index (χ2v) is 5.68. The lowest BCUT2D eigenvalue weighted by Crippen LogP contribution is -2.03. The van der Waals surface area contributed by atoms with Gasteiger partial charge < -0.3 is 5.32 Å². The Balaban J connectivity index is 1.64. The minimum Gasteiger partial charge on any atom is -0.383 e. The van der Waals surface area contributed by atoms with Crippen molar-refractivity contribution in [3.8, 4) is 0 Å². The molecule has 1 aromatic carbocycles. The molecule has 0 radical (unpaired) electrons. The fourth-order valence-electron chi connectivity index (χ4n) is 2.63. The van der Waals surface area contributed by atoms with E-state index in [9.17, 15) is 0 Å². The molecule has 21 heavy (non-hydrogen) atoms. The number of fused-ring (bicyclic) bond motifs is 1. The van der Waals surface area contributed by atoms with Crippen molar-refractivity contribution < 1.29 is 0 Å². The summed E-state index contributed by atoms with van der Waals surface area (Å²) in [6.45, 7) is 3.29. The molecule has 0 aliphatic rings. The van der Waals surface area contributed by atoms with Crippen LogP contribution in [0.25, 0.3) is 10.9 Å². The first-order valence-electron chi connectivity index (χ1n) is 8.36. The van der Waals surface area contributed by atoms with Gasteiger partial charge >= 0.3 is 0 Å². The molecule has 0 fully saturated rings. The average molecular weight is 285 g/mol. The first-order valence-corrected chi connectivity index (χ1v) is 8.36. The number of nitrogens with zero attached hydrogens (tertiary/aromatic N) is 2. The third-order valence-corrected chi connectivity index (χ3v) is 3.89. The van der Waals surface area contributed by atoms with Gasteiger partial charge in [0.15, 0.2) is 0 Å². The molecule has 0 atom stereocenters. The van der Waals surface area contributed by atoms with Crippen LogP contribution < -0.4 is 5.32 Å². The Kier molecular flexibility index (Phi) is 6.99. The van der Waals surface area contributed by atoms with E-state index < -0.39 is 0 Å². The Bertz CT molecular complexity index is 519. The van der Waals surface area contributed by atoms with Crippen molar-refractivity contribution in [1.29, 1.82) is 0 Å². The maximum Gasteiger partial charge on any atom is 0.0950 e. The van der Waals surface area contributed by atoms with Crippen molar-refractivity contribution >= 4 is 16.6 Å². The highest BCUT2D eigenvalue weighted by atomic mass is 15.1. The van der Waals surface area contributed by atoms with Crippen molar-refractivity contribution in [2.45, 2.75) is 58.3 Å². The first-order chi connectivity index (χ1) is 10.4. The second kappa shape index (κ2) is 9.32. The van der Waals surface area contributed by atoms with E-state index in [0.717, 1.165) is 23.1 Å². The van der Waals surface area contributed by atoms with E-state index >= 15 is 0 Å². The van der Waals surface area contributed by atoms with Crippen LogP contribution in [0.2, 0.25) is 0 Å². The predicted octanol–water partition coefficient (Wildman–Crippen LogP) is 5.18. The molecule has 2 rings (SSSR count). The molecule has 2 aromatic rings. The molecular weight excluding hydrogens is 258 g/mol. The Labute approximate surface area is 128 Å². The van der Waals surface area contributed by atoms with Crippen LogP contribution in [0.1, 0.15) is 58.3 Å². The highest BCUT2D eigenvalue weighted by Crippen LogP contribution is 2.19. The van der Waals surface area contributed by atoms with Crippen molar-refractivity contribution in [1.82, 2.24) is 10.2 Å². The number of nitrogens with one attached hydrogen (secondary N) is 1. The van der Waals surface area contributed by atoms with Crippen molar-refractivity contribution in [3.63, 3.8) is 0 Å². The molecule has 3 heteroatoms. The fourth-order valence-corrected chi connectivity index (χ4v) is 2.63. The van der Waals surface area contributed by atoms with Crippen LogP contribution in [-0.4, -0.2) is 16.7 Å². The van der Waals surface area contributed by atoms with Gasteiger partial charge in [0.2, 0.25) is 0 Å². The van der Waals surface area contributed by atoms with Crippen LogP contribution in [-0.2, 0) is 0 Å². The fraction of sp³-hybridized carbons (Fsp3) is 0.556. The van der Waals surface area contributed by atoms with E-state index in [-0.39, 0.29) is 0 Å². The zero-order valence-electron chi connectivity index (χ0n) is 13.1. The van der Waals surface area contributed by atoms with E-state index in [0.29, 0.717) is 0 Å². The standard InChI is InChI=1S/C18H27N3/c1-2-3-4-5-6-7-8-11-14-19-18-15-20-21-17-13-10-9-12-16(17)18/h9-10,12-13,15H,2-8,11,14H2,1H3,(H,19,21). The molecule has 0 saturated heterocycles. The maximum atomic E-state index is 4.15. The summed E-state index contributed by atoms with van der Waals surface area (Å²) in [6, 6.07) is 8.15. The van der Waals surface area contributed by atoms with Gasteiger partial charge in [0.1, 0.15) is 0 Å². The average Bonchev–Trinajstić information content (AvgIpc) is 2.53. The van der Waals surface area contributed by atoms with E-state index in [1.807, 2.05) is 24.4 Å². The number of hydrogen-bond donors (Lipinski definition) is 1. The van der Waals surface area contributed by atoms with Gasteiger partial charge in [-0.3, -0.25) is 0 Å². The minimum absolute atomic E-state index is 0.957. The van der Waals surface area contributed by atoms with Crippen LogP contribution in [0.5, 0.6) is 0 Å². The summed E-state index contributed by atoms with van der Waals surface area (Å²) in [5, 5.41) is 12.9. The zero-order chi connectivity index (χ0) is 14.8. The lowest BCUT2D eigenvalue weighted by molar-refractivity contribution is 0.581. The Morgan fingerprint density at radius 2 is 1.62 bits per heavy atom. The van der Waals surface area contributed by atoms with Crippen LogP contribution in [0.15, 0.2) is 30.5 Å². The molecule has 0 unspecified atom stereocenters. The quantitative estimate of drug-likeness (QED) is 0.611. The Morgan fingerprint density at radius 3 is 2.43 bits per heavy atom. The van der Waals surface area contributed by atoms with E-state index in [4.69, 9.17) is 0 Å². The third-order valence-electron chi connectivity index (χ3n) is 3.89. The summed E-state index contributed by atoms with van der Waals surface area (Å²) < 4.78 is 0. The van der Waals surface area contributed by atoms with E-state index in [1.165, 1.54) is 51.4 Å². The predicted molar refractivity (Wildman–Crippen MR) is 90.6 cm³/mol. The summed E-state index contributed by atoms with van der Waals surface area (Å²) in [5.74, 6) is 0.